The van der Waals surface area contributed by atoms with Gasteiger partial charge in [0.15, 0.2) is 5.60 Å². The third-order valence-corrected chi connectivity index (χ3v) is 1.41. The van der Waals surface area contributed by atoms with E-state index in [9.17, 15) is 13.6 Å². The van der Waals surface area contributed by atoms with Gasteiger partial charge in [0.2, 0.25) is 0 Å². The van der Waals surface area contributed by atoms with Crippen molar-refractivity contribution in [3.8, 4) is 0 Å². The van der Waals surface area contributed by atoms with Crippen LogP contribution < -0.4 is 0 Å². The minimum atomic E-state index is -2.99. The first-order valence-corrected chi connectivity index (χ1v) is 2.76. The van der Waals surface area contributed by atoms with Gasteiger partial charge < -0.3 is 9.84 Å². The van der Waals surface area contributed by atoms with Crippen molar-refractivity contribution in [3.63, 3.8) is 0 Å². The molecule has 0 aromatic rings. The average molecular weight is 152 g/mol. The topological polar surface area (TPSA) is 46.5 Å². The lowest BCUT2D eigenvalue weighted by Gasteiger charge is -2.08. The smallest absolute Gasteiger partial charge is 0.346 e. The molecule has 0 unspecified atom stereocenters. The van der Waals surface area contributed by atoms with E-state index in [2.05, 4.69) is 4.74 Å². The van der Waals surface area contributed by atoms with Crippen molar-refractivity contribution in [3.05, 3.63) is 0 Å². The lowest BCUT2D eigenvalue weighted by atomic mass is 10.3. The van der Waals surface area contributed by atoms with E-state index in [4.69, 9.17) is 5.11 Å². The van der Waals surface area contributed by atoms with Gasteiger partial charge >= 0.3 is 12.6 Å². The summed E-state index contributed by atoms with van der Waals surface area (Å²) in [6, 6.07) is 0. The normalized spacial score (nSPS) is 21.1. The molecule has 0 radical (unpaired) electrons. The van der Waals surface area contributed by atoms with E-state index in [1.165, 1.54) is 0 Å². The second-order valence-electron chi connectivity index (χ2n) is 2.18. The Hall–Kier alpha value is -0.710. The van der Waals surface area contributed by atoms with Crippen LogP contribution in [0.1, 0.15) is 12.8 Å². The molecule has 1 aliphatic carbocycles. The number of carbonyl (C=O) groups is 1. The summed E-state index contributed by atoms with van der Waals surface area (Å²) in [5.74, 6) is -1.30. The summed E-state index contributed by atoms with van der Waals surface area (Å²) < 4.78 is 26.8. The Morgan fingerprint density at radius 3 is 2.20 bits per heavy atom. The molecule has 5 heteroatoms. The summed E-state index contributed by atoms with van der Waals surface area (Å²) in [6.07, 6.45) is 0.374. The second-order valence-corrected chi connectivity index (χ2v) is 2.18. The van der Waals surface area contributed by atoms with Gasteiger partial charge in [0.25, 0.3) is 0 Å². The molecule has 0 atom stereocenters. The van der Waals surface area contributed by atoms with Crippen LogP contribution in [0.25, 0.3) is 0 Å². The van der Waals surface area contributed by atoms with Crippen molar-refractivity contribution < 1.29 is 23.4 Å². The van der Waals surface area contributed by atoms with Gasteiger partial charge in [-0.15, -0.1) is 0 Å². The highest BCUT2D eigenvalue weighted by Crippen LogP contribution is 2.41. The van der Waals surface area contributed by atoms with Gasteiger partial charge in [0.05, 0.1) is 0 Å². The van der Waals surface area contributed by atoms with Crippen LogP contribution in [-0.4, -0.2) is 23.3 Å². The first-order chi connectivity index (χ1) is 4.57. The summed E-state index contributed by atoms with van der Waals surface area (Å²) >= 11 is 0. The summed E-state index contributed by atoms with van der Waals surface area (Å²) in [5, 5.41) is 8.29. The number of rotatable bonds is 3. The number of alkyl halides is 2. The Bertz CT molecular complexity index is 153. The Morgan fingerprint density at radius 1 is 1.60 bits per heavy atom. The second kappa shape index (κ2) is 2.16. The quantitative estimate of drug-likeness (QED) is 0.651. The van der Waals surface area contributed by atoms with Crippen LogP contribution in [0.5, 0.6) is 0 Å². The minimum absolute atomic E-state index is 0.187. The van der Waals surface area contributed by atoms with Gasteiger partial charge in [-0.2, -0.15) is 8.78 Å². The van der Waals surface area contributed by atoms with Crippen LogP contribution in [0.3, 0.4) is 0 Å². The summed E-state index contributed by atoms with van der Waals surface area (Å²) in [5.41, 5.74) is -1.56. The van der Waals surface area contributed by atoms with E-state index in [1.807, 2.05) is 0 Å². The molecule has 10 heavy (non-hydrogen) atoms. The van der Waals surface area contributed by atoms with Crippen molar-refractivity contribution in [1.82, 2.24) is 0 Å². The van der Waals surface area contributed by atoms with Gasteiger partial charge in [0, 0.05) is 0 Å². The molecular formula is C5H6F2O3. The summed E-state index contributed by atoms with van der Waals surface area (Å²) in [7, 11) is 0. The highest BCUT2D eigenvalue weighted by Gasteiger charge is 2.53. The standard InChI is InChI=1S/C5H6F2O3/c6-4(7)10-5(1-2-5)3(8)9/h4H,1-2H2,(H,8,9). The zero-order valence-corrected chi connectivity index (χ0v) is 5.01. The molecule has 0 aliphatic heterocycles. The van der Waals surface area contributed by atoms with Crippen molar-refractivity contribution in [2.75, 3.05) is 0 Å². The molecule has 58 valence electrons. The molecule has 1 fully saturated rings. The van der Waals surface area contributed by atoms with E-state index < -0.39 is 18.2 Å². The molecule has 1 rings (SSSR count). The number of carboxylic acids is 1. The lowest BCUT2D eigenvalue weighted by molar-refractivity contribution is -0.195. The maximum atomic E-state index is 11.4. The van der Waals surface area contributed by atoms with E-state index in [1.54, 1.807) is 0 Å². The Balaban J connectivity index is 2.45. The van der Waals surface area contributed by atoms with Crippen LogP contribution in [-0.2, 0) is 9.53 Å². The Labute approximate surface area is 55.6 Å². The Kier molecular flexibility index (Phi) is 1.60. The van der Waals surface area contributed by atoms with Gasteiger partial charge in [-0.3, -0.25) is 0 Å². The first kappa shape index (κ1) is 7.40. The minimum Gasteiger partial charge on any atom is -0.479 e. The van der Waals surface area contributed by atoms with Crippen molar-refractivity contribution in [1.29, 1.82) is 0 Å². The number of hydrogen-bond donors (Lipinski definition) is 1. The molecule has 0 heterocycles. The largest absolute Gasteiger partial charge is 0.479 e. The predicted octanol–water partition coefficient (Wildman–Crippen LogP) is 0.843. The third kappa shape index (κ3) is 1.23. The molecule has 1 N–H and O–H groups in total. The lowest BCUT2D eigenvalue weighted by Crippen LogP contribution is -2.27. The maximum absolute atomic E-state index is 11.4. The summed E-state index contributed by atoms with van der Waals surface area (Å²) in [6.45, 7) is -2.99. The summed E-state index contributed by atoms with van der Waals surface area (Å²) in [4.78, 5) is 10.2. The van der Waals surface area contributed by atoms with Gasteiger partial charge in [0.1, 0.15) is 0 Å². The van der Waals surface area contributed by atoms with Crippen LogP contribution in [0.15, 0.2) is 0 Å². The molecule has 0 aromatic carbocycles. The number of aliphatic carboxylic acids is 1. The van der Waals surface area contributed by atoms with Crippen LogP contribution in [0.4, 0.5) is 8.78 Å². The van der Waals surface area contributed by atoms with E-state index in [0.29, 0.717) is 0 Å². The van der Waals surface area contributed by atoms with Crippen LogP contribution in [0.2, 0.25) is 0 Å². The zero-order valence-electron chi connectivity index (χ0n) is 5.01. The zero-order chi connectivity index (χ0) is 7.78. The molecule has 3 nitrogen and oxygen atoms in total. The fraction of sp³-hybridized carbons (Fsp3) is 0.800. The van der Waals surface area contributed by atoms with Gasteiger partial charge in [-0.25, -0.2) is 4.79 Å². The number of hydrogen-bond acceptors (Lipinski definition) is 2. The number of halogens is 2. The highest BCUT2D eigenvalue weighted by molar-refractivity contribution is 5.80. The molecular weight excluding hydrogens is 146 g/mol. The average Bonchev–Trinajstić information content (AvgIpc) is 2.46. The molecule has 0 bridgehead atoms. The number of ether oxygens (including phenoxy) is 1. The Morgan fingerprint density at radius 2 is 2.10 bits per heavy atom. The highest BCUT2D eigenvalue weighted by atomic mass is 19.3. The third-order valence-electron chi connectivity index (χ3n) is 1.41. The fourth-order valence-corrected chi connectivity index (χ4v) is 0.666. The maximum Gasteiger partial charge on any atom is 0.346 e. The SMILES string of the molecule is O=C(O)C1(OC(F)F)CC1. The van der Waals surface area contributed by atoms with Crippen LogP contribution >= 0.6 is 0 Å². The molecule has 1 aliphatic rings. The number of carboxylic acid groups (broad SMARTS) is 1. The van der Waals surface area contributed by atoms with Crippen molar-refractivity contribution in [2.45, 2.75) is 25.1 Å². The fourth-order valence-electron chi connectivity index (χ4n) is 0.666. The monoisotopic (exact) mass is 152 g/mol. The van der Waals surface area contributed by atoms with Crippen LogP contribution in [0, 0.1) is 0 Å². The molecule has 0 aromatic heterocycles. The van der Waals surface area contributed by atoms with E-state index in [0.717, 1.165) is 0 Å². The van der Waals surface area contributed by atoms with E-state index >= 15 is 0 Å². The predicted molar refractivity (Wildman–Crippen MR) is 26.7 cm³/mol. The molecule has 0 spiro atoms. The van der Waals surface area contributed by atoms with Crippen molar-refractivity contribution in [2.24, 2.45) is 0 Å². The first-order valence-electron chi connectivity index (χ1n) is 2.76. The van der Waals surface area contributed by atoms with Crippen molar-refractivity contribution >= 4 is 5.97 Å². The van der Waals surface area contributed by atoms with Gasteiger partial charge in [-0.1, -0.05) is 0 Å². The van der Waals surface area contributed by atoms with Gasteiger partial charge in [-0.05, 0) is 12.8 Å². The molecule has 0 amide bonds. The van der Waals surface area contributed by atoms with E-state index in [-0.39, 0.29) is 12.8 Å². The molecule has 0 saturated heterocycles. The molecule has 1 saturated carbocycles.